The van der Waals surface area contributed by atoms with Gasteiger partial charge in [-0.15, -0.1) is 11.3 Å². The highest BCUT2D eigenvalue weighted by Gasteiger charge is 2.29. The standard InChI is InChI=1S/C16H23N5OS2/c1-12-10-24-16(18-12)14-11-23-5-4-21(14)9-15(22)19(2)7-13-6-17-20(3)8-13/h6,8,10,14H,4-5,7,9,11H2,1-3H3. The molecule has 1 aliphatic rings. The van der Waals surface area contributed by atoms with Gasteiger partial charge in [0.05, 0.1) is 18.8 Å². The topological polar surface area (TPSA) is 54.3 Å². The first-order valence-electron chi connectivity index (χ1n) is 7.98. The first-order valence-corrected chi connectivity index (χ1v) is 10.0. The fourth-order valence-electron chi connectivity index (χ4n) is 2.79. The minimum atomic E-state index is 0.143. The van der Waals surface area contributed by atoms with Crippen molar-refractivity contribution in [3.8, 4) is 0 Å². The van der Waals surface area contributed by atoms with Gasteiger partial charge in [0.25, 0.3) is 0 Å². The molecule has 3 rings (SSSR count). The number of aryl methyl sites for hydroxylation is 2. The summed E-state index contributed by atoms with van der Waals surface area (Å²) in [7, 11) is 3.74. The Balaban J connectivity index is 1.62. The number of likely N-dealkylation sites (N-methyl/N-ethyl adjacent to an activating group) is 1. The lowest BCUT2D eigenvalue weighted by molar-refractivity contribution is -0.132. The van der Waals surface area contributed by atoms with Gasteiger partial charge in [-0.3, -0.25) is 14.4 Å². The van der Waals surface area contributed by atoms with Crippen LogP contribution in [-0.4, -0.2) is 62.1 Å². The third-order valence-electron chi connectivity index (χ3n) is 4.10. The molecule has 0 saturated carbocycles. The molecule has 1 aliphatic heterocycles. The molecule has 0 aliphatic carbocycles. The lowest BCUT2D eigenvalue weighted by atomic mass is 10.2. The summed E-state index contributed by atoms with van der Waals surface area (Å²) in [6.07, 6.45) is 3.75. The van der Waals surface area contributed by atoms with Crippen molar-refractivity contribution in [2.45, 2.75) is 19.5 Å². The van der Waals surface area contributed by atoms with Crippen LogP contribution < -0.4 is 0 Å². The van der Waals surface area contributed by atoms with E-state index in [2.05, 4.69) is 20.4 Å². The monoisotopic (exact) mass is 365 g/mol. The summed E-state index contributed by atoms with van der Waals surface area (Å²) >= 11 is 3.64. The zero-order chi connectivity index (χ0) is 17.1. The number of carbonyl (C=O) groups is 1. The van der Waals surface area contributed by atoms with E-state index < -0.39 is 0 Å². The van der Waals surface area contributed by atoms with E-state index in [4.69, 9.17) is 0 Å². The predicted octanol–water partition coefficient (Wildman–Crippen LogP) is 1.93. The van der Waals surface area contributed by atoms with E-state index in [9.17, 15) is 4.79 Å². The fourth-order valence-corrected chi connectivity index (χ4v) is 4.95. The molecule has 0 radical (unpaired) electrons. The van der Waals surface area contributed by atoms with Gasteiger partial charge in [-0.2, -0.15) is 16.9 Å². The van der Waals surface area contributed by atoms with Crippen molar-refractivity contribution in [1.29, 1.82) is 0 Å². The fraction of sp³-hybridized carbons (Fsp3) is 0.562. The van der Waals surface area contributed by atoms with Gasteiger partial charge in [-0.1, -0.05) is 0 Å². The highest BCUT2D eigenvalue weighted by molar-refractivity contribution is 7.99. The minimum absolute atomic E-state index is 0.143. The number of thioether (sulfide) groups is 1. The molecule has 0 spiro atoms. The summed E-state index contributed by atoms with van der Waals surface area (Å²) < 4.78 is 1.76. The molecule has 1 atom stereocenters. The minimum Gasteiger partial charge on any atom is -0.340 e. The summed E-state index contributed by atoms with van der Waals surface area (Å²) in [5.74, 6) is 2.22. The Morgan fingerprint density at radius 1 is 1.50 bits per heavy atom. The van der Waals surface area contributed by atoms with E-state index >= 15 is 0 Å². The number of amides is 1. The lowest BCUT2D eigenvalue weighted by Crippen LogP contribution is -2.43. The summed E-state index contributed by atoms with van der Waals surface area (Å²) in [6, 6.07) is 0.248. The average Bonchev–Trinajstić information content (AvgIpc) is 3.16. The van der Waals surface area contributed by atoms with Gasteiger partial charge in [0.2, 0.25) is 5.91 Å². The Morgan fingerprint density at radius 3 is 3.00 bits per heavy atom. The molecule has 1 fully saturated rings. The SMILES string of the molecule is Cc1csc(C2CSCCN2CC(=O)N(C)Cc2cnn(C)c2)n1. The first-order chi connectivity index (χ1) is 11.5. The van der Waals surface area contributed by atoms with Crippen molar-refractivity contribution in [2.24, 2.45) is 7.05 Å². The summed E-state index contributed by atoms with van der Waals surface area (Å²) in [4.78, 5) is 21.3. The Bertz CT molecular complexity index is 698. The van der Waals surface area contributed by atoms with Gasteiger partial charge in [0.15, 0.2) is 0 Å². The molecule has 24 heavy (non-hydrogen) atoms. The molecule has 8 heteroatoms. The molecule has 1 saturated heterocycles. The molecule has 2 aromatic heterocycles. The molecular formula is C16H23N5OS2. The Hall–Kier alpha value is -1.38. The van der Waals surface area contributed by atoms with Crippen molar-refractivity contribution in [2.75, 3.05) is 31.6 Å². The molecular weight excluding hydrogens is 342 g/mol. The van der Waals surface area contributed by atoms with Gasteiger partial charge in [-0.25, -0.2) is 4.98 Å². The van der Waals surface area contributed by atoms with E-state index in [1.165, 1.54) is 0 Å². The number of aromatic nitrogens is 3. The normalized spacial score (nSPS) is 18.7. The summed E-state index contributed by atoms with van der Waals surface area (Å²) in [6.45, 7) is 3.99. The molecule has 3 heterocycles. The van der Waals surface area contributed by atoms with Crippen molar-refractivity contribution in [3.05, 3.63) is 34.0 Å². The van der Waals surface area contributed by atoms with E-state index in [0.29, 0.717) is 13.1 Å². The number of hydrogen-bond acceptors (Lipinski definition) is 6. The molecule has 6 nitrogen and oxygen atoms in total. The van der Waals surface area contributed by atoms with Crippen LogP contribution >= 0.6 is 23.1 Å². The van der Waals surface area contributed by atoms with Crippen LogP contribution in [0.5, 0.6) is 0 Å². The third kappa shape index (κ3) is 4.17. The number of rotatable bonds is 5. The summed E-state index contributed by atoms with van der Waals surface area (Å²) in [5.41, 5.74) is 2.11. The van der Waals surface area contributed by atoms with Gasteiger partial charge >= 0.3 is 0 Å². The van der Waals surface area contributed by atoms with Crippen molar-refractivity contribution in [3.63, 3.8) is 0 Å². The second-order valence-electron chi connectivity index (χ2n) is 6.16. The number of hydrogen-bond donors (Lipinski definition) is 0. The largest absolute Gasteiger partial charge is 0.340 e. The maximum Gasteiger partial charge on any atom is 0.236 e. The zero-order valence-electron chi connectivity index (χ0n) is 14.3. The highest BCUT2D eigenvalue weighted by Crippen LogP contribution is 2.31. The van der Waals surface area contributed by atoms with Gasteiger partial charge in [0.1, 0.15) is 5.01 Å². The Labute approximate surface area is 150 Å². The maximum absolute atomic E-state index is 12.6. The van der Waals surface area contributed by atoms with Gasteiger partial charge in [0, 0.05) is 61.5 Å². The van der Waals surface area contributed by atoms with Gasteiger partial charge < -0.3 is 4.90 Å². The lowest BCUT2D eigenvalue weighted by Gasteiger charge is -2.34. The molecule has 0 bridgehead atoms. The number of thiazole rings is 1. The average molecular weight is 366 g/mol. The molecule has 0 N–H and O–H groups in total. The maximum atomic E-state index is 12.6. The predicted molar refractivity (Wildman–Crippen MR) is 98.2 cm³/mol. The second-order valence-corrected chi connectivity index (χ2v) is 8.20. The highest BCUT2D eigenvalue weighted by atomic mass is 32.2. The van der Waals surface area contributed by atoms with Crippen LogP contribution in [0.15, 0.2) is 17.8 Å². The molecule has 2 aromatic rings. The van der Waals surface area contributed by atoms with Crippen LogP contribution in [-0.2, 0) is 18.4 Å². The van der Waals surface area contributed by atoms with Crippen LogP contribution in [0.25, 0.3) is 0 Å². The van der Waals surface area contributed by atoms with E-state index in [-0.39, 0.29) is 11.9 Å². The van der Waals surface area contributed by atoms with E-state index in [1.807, 2.05) is 45.2 Å². The Kier molecular flexibility index (Phi) is 5.57. The van der Waals surface area contributed by atoms with Crippen molar-refractivity contribution >= 4 is 29.0 Å². The second kappa shape index (κ2) is 7.67. The van der Waals surface area contributed by atoms with Crippen LogP contribution in [0.3, 0.4) is 0 Å². The molecule has 0 aromatic carbocycles. The van der Waals surface area contributed by atoms with E-state index in [0.717, 1.165) is 34.3 Å². The number of carbonyl (C=O) groups excluding carboxylic acids is 1. The zero-order valence-corrected chi connectivity index (χ0v) is 15.9. The first kappa shape index (κ1) is 17.4. The molecule has 130 valence electrons. The Morgan fingerprint density at radius 2 is 2.33 bits per heavy atom. The van der Waals surface area contributed by atoms with Crippen LogP contribution in [0.2, 0.25) is 0 Å². The number of nitrogens with zero attached hydrogens (tertiary/aromatic N) is 5. The van der Waals surface area contributed by atoms with Crippen LogP contribution in [0.1, 0.15) is 22.3 Å². The van der Waals surface area contributed by atoms with E-state index in [1.54, 1.807) is 20.9 Å². The molecule has 1 amide bonds. The van der Waals surface area contributed by atoms with Crippen molar-refractivity contribution < 1.29 is 4.79 Å². The van der Waals surface area contributed by atoms with Crippen LogP contribution in [0, 0.1) is 6.92 Å². The van der Waals surface area contributed by atoms with Crippen LogP contribution in [0.4, 0.5) is 0 Å². The molecule has 1 unspecified atom stereocenters. The van der Waals surface area contributed by atoms with Crippen molar-refractivity contribution in [1.82, 2.24) is 24.6 Å². The van der Waals surface area contributed by atoms with Gasteiger partial charge in [-0.05, 0) is 6.92 Å². The smallest absolute Gasteiger partial charge is 0.236 e. The quantitative estimate of drug-likeness (QED) is 0.810. The third-order valence-corrected chi connectivity index (χ3v) is 6.19. The summed E-state index contributed by atoms with van der Waals surface area (Å²) in [5, 5.41) is 7.37.